The first-order chi connectivity index (χ1) is 11.0. The van der Waals surface area contributed by atoms with Crippen LogP contribution < -0.4 is 5.32 Å². The van der Waals surface area contributed by atoms with Crippen molar-refractivity contribution in [1.82, 2.24) is 5.32 Å². The monoisotopic (exact) mass is 311 g/mol. The van der Waals surface area contributed by atoms with Crippen LogP contribution in [0.2, 0.25) is 0 Å². The highest BCUT2D eigenvalue weighted by molar-refractivity contribution is 5.47. The van der Waals surface area contributed by atoms with Crippen LogP contribution in [0.25, 0.3) is 0 Å². The molecule has 2 aromatic carbocycles. The molecule has 0 radical (unpaired) electrons. The molecule has 0 aromatic heterocycles. The number of aromatic hydroxyl groups is 1. The average Bonchev–Trinajstić information content (AvgIpc) is 2.52. The third kappa shape index (κ3) is 4.59. The van der Waals surface area contributed by atoms with Gasteiger partial charge in [-0.05, 0) is 30.0 Å². The van der Waals surface area contributed by atoms with Crippen LogP contribution in [0.3, 0.4) is 0 Å². The molecular weight excluding hydrogens is 282 g/mol. The molecule has 0 heterocycles. The van der Waals surface area contributed by atoms with E-state index in [-0.39, 0.29) is 5.92 Å². The summed E-state index contributed by atoms with van der Waals surface area (Å²) in [5.41, 5.74) is 3.32. The van der Waals surface area contributed by atoms with E-state index in [0.717, 1.165) is 24.1 Å². The number of benzene rings is 2. The Morgan fingerprint density at radius 1 is 0.870 bits per heavy atom. The van der Waals surface area contributed by atoms with Crippen molar-refractivity contribution >= 4 is 0 Å². The maximum absolute atomic E-state index is 10.8. The molecule has 0 aliphatic carbocycles. The maximum Gasteiger partial charge on any atom is 0.122 e. The van der Waals surface area contributed by atoms with Crippen molar-refractivity contribution in [2.75, 3.05) is 6.54 Å². The second-order valence-corrected chi connectivity index (χ2v) is 6.80. The molecule has 0 spiro atoms. The van der Waals surface area contributed by atoms with E-state index in [0.29, 0.717) is 17.7 Å². The second kappa shape index (κ2) is 8.16. The summed E-state index contributed by atoms with van der Waals surface area (Å²) in [6, 6.07) is 17.1. The summed E-state index contributed by atoms with van der Waals surface area (Å²) >= 11 is 0. The fourth-order valence-corrected chi connectivity index (χ4v) is 3.03. The number of phenols is 1. The van der Waals surface area contributed by atoms with E-state index in [1.807, 2.05) is 12.1 Å². The Morgan fingerprint density at radius 3 is 2.13 bits per heavy atom. The second-order valence-electron chi connectivity index (χ2n) is 6.80. The van der Waals surface area contributed by atoms with Crippen molar-refractivity contribution in [3.8, 4) is 5.75 Å². The summed E-state index contributed by atoms with van der Waals surface area (Å²) in [6.07, 6.45) is 0.970. The SMILES string of the molecule is CC(C)NCC[C@@H](c1ccccc1)c1cccc(C(C)C)c1O. The molecule has 1 atom stereocenters. The molecule has 0 saturated heterocycles. The van der Waals surface area contributed by atoms with Crippen LogP contribution in [0.4, 0.5) is 0 Å². The lowest BCUT2D eigenvalue weighted by Gasteiger charge is -2.22. The van der Waals surface area contributed by atoms with Crippen LogP contribution in [0, 0.1) is 0 Å². The van der Waals surface area contributed by atoms with E-state index >= 15 is 0 Å². The van der Waals surface area contributed by atoms with Gasteiger partial charge in [0.05, 0.1) is 0 Å². The Bertz CT molecular complexity index is 604. The first-order valence-electron chi connectivity index (χ1n) is 8.60. The molecule has 2 N–H and O–H groups in total. The highest BCUT2D eigenvalue weighted by Crippen LogP contribution is 2.38. The minimum absolute atomic E-state index is 0.209. The zero-order valence-electron chi connectivity index (χ0n) is 14.7. The zero-order chi connectivity index (χ0) is 16.8. The molecule has 2 aromatic rings. The molecular formula is C21H29NO. The van der Waals surface area contributed by atoms with Gasteiger partial charge in [-0.15, -0.1) is 0 Å². The van der Waals surface area contributed by atoms with Gasteiger partial charge in [0.15, 0.2) is 0 Å². The topological polar surface area (TPSA) is 32.3 Å². The van der Waals surface area contributed by atoms with Crippen molar-refractivity contribution in [2.24, 2.45) is 0 Å². The Hall–Kier alpha value is -1.80. The van der Waals surface area contributed by atoms with Gasteiger partial charge in [0.2, 0.25) is 0 Å². The predicted octanol–water partition coefficient (Wildman–Crippen LogP) is 5.04. The van der Waals surface area contributed by atoms with Gasteiger partial charge < -0.3 is 10.4 Å². The van der Waals surface area contributed by atoms with Crippen molar-refractivity contribution < 1.29 is 5.11 Å². The lowest BCUT2D eigenvalue weighted by molar-refractivity contribution is 0.450. The fourth-order valence-electron chi connectivity index (χ4n) is 3.03. The lowest BCUT2D eigenvalue weighted by Crippen LogP contribution is -2.25. The summed E-state index contributed by atoms with van der Waals surface area (Å²) in [4.78, 5) is 0. The fraction of sp³-hybridized carbons (Fsp3) is 0.429. The van der Waals surface area contributed by atoms with Gasteiger partial charge in [0, 0.05) is 17.5 Å². The molecule has 0 amide bonds. The van der Waals surface area contributed by atoms with Crippen molar-refractivity contribution in [3.63, 3.8) is 0 Å². The van der Waals surface area contributed by atoms with E-state index < -0.39 is 0 Å². The number of nitrogens with one attached hydrogen (secondary N) is 1. The molecule has 0 unspecified atom stereocenters. The van der Waals surface area contributed by atoms with E-state index in [1.165, 1.54) is 5.56 Å². The van der Waals surface area contributed by atoms with Crippen LogP contribution in [-0.4, -0.2) is 17.7 Å². The van der Waals surface area contributed by atoms with Gasteiger partial charge in [0.25, 0.3) is 0 Å². The molecule has 0 aliphatic rings. The highest BCUT2D eigenvalue weighted by Gasteiger charge is 2.20. The van der Waals surface area contributed by atoms with Gasteiger partial charge in [-0.2, -0.15) is 0 Å². The van der Waals surface area contributed by atoms with Gasteiger partial charge in [-0.25, -0.2) is 0 Å². The summed E-state index contributed by atoms with van der Waals surface area (Å²) in [6.45, 7) is 9.50. The molecule has 124 valence electrons. The minimum atomic E-state index is 0.209. The van der Waals surface area contributed by atoms with Gasteiger partial charge in [-0.1, -0.05) is 76.2 Å². The molecule has 0 fully saturated rings. The lowest BCUT2D eigenvalue weighted by atomic mass is 9.85. The smallest absolute Gasteiger partial charge is 0.122 e. The van der Waals surface area contributed by atoms with Gasteiger partial charge >= 0.3 is 0 Å². The Kier molecular flexibility index (Phi) is 6.23. The van der Waals surface area contributed by atoms with Crippen molar-refractivity contribution in [3.05, 3.63) is 65.2 Å². The normalized spacial score (nSPS) is 12.8. The number of hydrogen-bond acceptors (Lipinski definition) is 2. The molecule has 0 bridgehead atoms. The average molecular weight is 311 g/mol. The number of phenolic OH excluding ortho intramolecular Hbond substituents is 1. The standard InChI is InChI=1S/C21H29NO/c1-15(2)18-11-8-12-20(21(18)23)19(13-14-22-16(3)4)17-9-6-5-7-10-17/h5-12,15-16,19,22-23H,13-14H2,1-4H3/t19-/m0/s1. The Balaban J connectivity index is 2.35. The number of hydrogen-bond donors (Lipinski definition) is 2. The van der Waals surface area contributed by atoms with E-state index in [9.17, 15) is 5.11 Å². The van der Waals surface area contributed by atoms with Crippen LogP contribution in [0.15, 0.2) is 48.5 Å². The van der Waals surface area contributed by atoms with E-state index in [4.69, 9.17) is 0 Å². The Labute approximate surface area is 140 Å². The Morgan fingerprint density at radius 2 is 1.52 bits per heavy atom. The number of para-hydroxylation sites is 1. The van der Waals surface area contributed by atoms with Gasteiger partial charge in [0.1, 0.15) is 5.75 Å². The zero-order valence-corrected chi connectivity index (χ0v) is 14.7. The molecule has 2 heteroatoms. The predicted molar refractivity (Wildman–Crippen MR) is 98.2 cm³/mol. The molecule has 2 rings (SSSR count). The minimum Gasteiger partial charge on any atom is -0.507 e. The van der Waals surface area contributed by atoms with Crippen LogP contribution >= 0.6 is 0 Å². The first kappa shape index (κ1) is 17.6. The molecule has 23 heavy (non-hydrogen) atoms. The van der Waals surface area contributed by atoms with Crippen molar-refractivity contribution in [2.45, 2.75) is 52.0 Å². The van der Waals surface area contributed by atoms with E-state index in [2.05, 4.69) is 69.4 Å². The third-order valence-corrected chi connectivity index (χ3v) is 4.28. The van der Waals surface area contributed by atoms with E-state index in [1.54, 1.807) is 0 Å². The molecule has 0 saturated carbocycles. The highest BCUT2D eigenvalue weighted by atomic mass is 16.3. The molecule has 0 aliphatic heterocycles. The summed E-state index contributed by atoms with van der Waals surface area (Å²) in [5, 5.41) is 14.3. The first-order valence-corrected chi connectivity index (χ1v) is 8.60. The largest absolute Gasteiger partial charge is 0.507 e. The van der Waals surface area contributed by atoms with Crippen molar-refractivity contribution in [1.29, 1.82) is 0 Å². The van der Waals surface area contributed by atoms with Crippen LogP contribution in [0.5, 0.6) is 5.75 Å². The summed E-state index contributed by atoms with van der Waals surface area (Å²) in [5.74, 6) is 0.988. The number of rotatable bonds is 7. The third-order valence-electron chi connectivity index (χ3n) is 4.28. The van der Waals surface area contributed by atoms with Crippen LogP contribution in [0.1, 0.15) is 62.6 Å². The quantitative estimate of drug-likeness (QED) is 0.751. The summed E-state index contributed by atoms with van der Waals surface area (Å²) in [7, 11) is 0. The van der Waals surface area contributed by atoms with Crippen LogP contribution in [-0.2, 0) is 0 Å². The summed E-state index contributed by atoms with van der Waals surface area (Å²) < 4.78 is 0. The molecule has 2 nitrogen and oxygen atoms in total. The van der Waals surface area contributed by atoms with Gasteiger partial charge in [-0.3, -0.25) is 0 Å². The maximum atomic E-state index is 10.8.